The predicted molar refractivity (Wildman–Crippen MR) is 80.2 cm³/mol. The van der Waals surface area contributed by atoms with Crippen LogP contribution in [0.4, 0.5) is 0 Å². The summed E-state index contributed by atoms with van der Waals surface area (Å²) >= 11 is 18.8. The standard InChI is InChI=1S/C14H14Cl3N/c1-7-5-10(15)12-8(11(7)16)6-9(13(17)18-12)14(2,3)4/h5-6H,1-4H3. The SMILES string of the molecule is Cc1cc(Cl)c2nc(Cl)c(C(C)(C)C)cc2c1Cl. The summed E-state index contributed by atoms with van der Waals surface area (Å²) in [6.07, 6.45) is 0. The van der Waals surface area contributed by atoms with Gasteiger partial charge in [-0.2, -0.15) is 0 Å². The van der Waals surface area contributed by atoms with Crippen LogP contribution in [-0.2, 0) is 5.41 Å². The fourth-order valence-corrected chi connectivity index (χ4v) is 2.83. The zero-order chi connectivity index (χ0) is 13.7. The maximum atomic E-state index is 6.33. The van der Waals surface area contributed by atoms with Crippen LogP contribution in [-0.4, -0.2) is 4.98 Å². The highest BCUT2D eigenvalue weighted by Gasteiger charge is 2.21. The molecule has 0 saturated carbocycles. The first-order valence-electron chi connectivity index (χ1n) is 5.67. The second-order valence-corrected chi connectivity index (χ2v) is 6.61. The van der Waals surface area contributed by atoms with Crippen LogP contribution in [0.25, 0.3) is 10.9 Å². The summed E-state index contributed by atoms with van der Waals surface area (Å²) in [6, 6.07) is 3.80. The number of aromatic nitrogens is 1. The summed E-state index contributed by atoms with van der Waals surface area (Å²) in [5.74, 6) is 0. The van der Waals surface area contributed by atoms with Crippen LogP contribution in [0.15, 0.2) is 12.1 Å². The molecule has 0 aliphatic heterocycles. The molecule has 0 fully saturated rings. The Morgan fingerprint density at radius 3 is 2.22 bits per heavy atom. The van der Waals surface area contributed by atoms with Gasteiger partial charge in [-0.05, 0) is 35.6 Å². The zero-order valence-electron chi connectivity index (χ0n) is 10.7. The third-order valence-electron chi connectivity index (χ3n) is 2.94. The van der Waals surface area contributed by atoms with Crippen molar-refractivity contribution in [1.29, 1.82) is 0 Å². The normalized spacial score (nSPS) is 12.2. The lowest BCUT2D eigenvalue weighted by atomic mass is 9.87. The molecule has 1 aromatic carbocycles. The molecule has 0 saturated heterocycles. The van der Waals surface area contributed by atoms with Crippen LogP contribution in [0.3, 0.4) is 0 Å². The fraction of sp³-hybridized carbons (Fsp3) is 0.357. The molecule has 1 nitrogen and oxygen atoms in total. The zero-order valence-corrected chi connectivity index (χ0v) is 13.0. The largest absolute Gasteiger partial charge is 0.234 e. The summed E-state index contributed by atoms with van der Waals surface area (Å²) in [7, 11) is 0. The van der Waals surface area contributed by atoms with Gasteiger partial charge in [-0.1, -0.05) is 55.6 Å². The van der Waals surface area contributed by atoms with Crippen molar-refractivity contribution in [3.8, 4) is 0 Å². The number of rotatable bonds is 0. The lowest BCUT2D eigenvalue weighted by Gasteiger charge is -2.21. The minimum Gasteiger partial charge on any atom is -0.234 e. The molecule has 1 heterocycles. The van der Waals surface area contributed by atoms with E-state index in [9.17, 15) is 0 Å². The average Bonchev–Trinajstić information content (AvgIpc) is 2.24. The summed E-state index contributed by atoms with van der Waals surface area (Å²) in [5.41, 5.74) is 2.49. The van der Waals surface area contributed by atoms with Gasteiger partial charge in [0.25, 0.3) is 0 Å². The Labute approximate surface area is 122 Å². The molecule has 2 aromatic rings. The van der Waals surface area contributed by atoms with Crippen molar-refractivity contribution in [1.82, 2.24) is 4.98 Å². The molecule has 0 aliphatic carbocycles. The van der Waals surface area contributed by atoms with E-state index in [1.54, 1.807) is 0 Å². The van der Waals surface area contributed by atoms with Crippen molar-refractivity contribution < 1.29 is 0 Å². The van der Waals surface area contributed by atoms with Gasteiger partial charge in [-0.3, -0.25) is 0 Å². The van der Waals surface area contributed by atoms with Crippen molar-refractivity contribution >= 4 is 45.7 Å². The van der Waals surface area contributed by atoms with Crippen LogP contribution in [0, 0.1) is 6.92 Å². The topological polar surface area (TPSA) is 12.9 Å². The minimum atomic E-state index is -0.0855. The molecular formula is C14H14Cl3N. The number of hydrogen-bond donors (Lipinski definition) is 0. The molecule has 2 rings (SSSR count). The first kappa shape index (κ1) is 13.9. The summed E-state index contributed by atoms with van der Waals surface area (Å²) in [5, 5.41) is 2.60. The van der Waals surface area contributed by atoms with E-state index in [0.29, 0.717) is 20.7 Å². The second kappa shape index (κ2) is 4.56. The van der Waals surface area contributed by atoms with Crippen LogP contribution >= 0.6 is 34.8 Å². The molecule has 4 heteroatoms. The van der Waals surface area contributed by atoms with Crippen LogP contribution in [0.2, 0.25) is 15.2 Å². The average molecular weight is 303 g/mol. The molecule has 0 aliphatic rings. The molecule has 0 N–H and O–H groups in total. The van der Waals surface area contributed by atoms with Crippen LogP contribution in [0.5, 0.6) is 0 Å². The van der Waals surface area contributed by atoms with Gasteiger partial charge in [0.1, 0.15) is 5.15 Å². The maximum Gasteiger partial charge on any atom is 0.133 e. The number of benzene rings is 1. The van der Waals surface area contributed by atoms with Crippen molar-refractivity contribution in [3.05, 3.63) is 38.5 Å². The highest BCUT2D eigenvalue weighted by Crippen LogP contribution is 2.37. The Morgan fingerprint density at radius 2 is 1.67 bits per heavy atom. The Kier molecular flexibility index (Phi) is 3.52. The molecule has 0 unspecified atom stereocenters. The third kappa shape index (κ3) is 2.32. The smallest absolute Gasteiger partial charge is 0.133 e. The molecule has 96 valence electrons. The van der Waals surface area contributed by atoms with Crippen LogP contribution in [0.1, 0.15) is 31.9 Å². The number of aryl methyl sites for hydroxylation is 1. The lowest BCUT2D eigenvalue weighted by molar-refractivity contribution is 0.589. The van der Waals surface area contributed by atoms with Crippen LogP contribution < -0.4 is 0 Å². The number of halogens is 3. The van der Waals surface area contributed by atoms with Gasteiger partial charge in [-0.15, -0.1) is 0 Å². The first-order chi connectivity index (χ1) is 8.21. The van der Waals surface area contributed by atoms with E-state index in [4.69, 9.17) is 34.8 Å². The van der Waals surface area contributed by atoms with Crippen molar-refractivity contribution in [2.45, 2.75) is 33.1 Å². The van der Waals surface area contributed by atoms with E-state index in [1.807, 2.05) is 19.1 Å². The van der Waals surface area contributed by atoms with Gasteiger partial charge in [0.15, 0.2) is 0 Å². The Bertz CT molecular complexity index is 627. The highest BCUT2D eigenvalue weighted by molar-refractivity contribution is 6.41. The lowest BCUT2D eigenvalue weighted by Crippen LogP contribution is -2.12. The first-order valence-corrected chi connectivity index (χ1v) is 6.80. The monoisotopic (exact) mass is 301 g/mol. The summed E-state index contributed by atoms with van der Waals surface area (Å²) in [6.45, 7) is 8.20. The van der Waals surface area contributed by atoms with E-state index in [1.165, 1.54) is 0 Å². The molecule has 0 radical (unpaired) electrons. The van der Waals surface area contributed by atoms with Crippen molar-refractivity contribution in [2.24, 2.45) is 0 Å². The van der Waals surface area contributed by atoms with E-state index < -0.39 is 0 Å². The summed E-state index contributed by atoms with van der Waals surface area (Å²) in [4.78, 5) is 4.39. The van der Waals surface area contributed by atoms with E-state index in [2.05, 4.69) is 25.8 Å². The second-order valence-electron chi connectivity index (χ2n) is 5.46. The van der Waals surface area contributed by atoms with Gasteiger partial charge in [0, 0.05) is 5.39 Å². The molecule has 0 bridgehead atoms. The maximum absolute atomic E-state index is 6.33. The van der Waals surface area contributed by atoms with E-state index in [0.717, 1.165) is 16.5 Å². The molecular weight excluding hydrogens is 289 g/mol. The highest BCUT2D eigenvalue weighted by atomic mass is 35.5. The molecule has 0 amide bonds. The quantitative estimate of drug-likeness (QED) is 0.560. The molecule has 0 spiro atoms. The van der Waals surface area contributed by atoms with Gasteiger partial charge in [-0.25, -0.2) is 4.98 Å². The molecule has 18 heavy (non-hydrogen) atoms. The Morgan fingerprint density at radius 1 is 1.06 bits per heavy atom. The fourth-order valence-electron chi connectivity index (χ4n) is 1.90. The van der Waals surface area contributed by atoms with E-state index >= 15 is 0 Å². The number of fused-ring (bicyclic) bond motifs is 1. The third-order valence-corrected chi connectivity index (χ3v) is 4.01. The number of pyridine rings is 1. The van der Waals surface area contributed by atoms with Gasteiger partial charge < -0.3 is 0 Å². The number of nitrogens with zero attached hydrogens (tertiary/aromatic N) is 1. The van der Waals surface area contributed by atoms with Gasteiger partial charge >= 0.3 is 0 Å². The van der Waals surface area contributed by atoms with Crippen molar-refractivity contribution in [2.75, 3.05) is 0 Å². The Hall–Kier alpha value is -0.500. The summed E-state index contributed by atoms with van der Waals surface area (Å²) < 4.78 is 0. The predicted octanol–water partition coefficient (Wildman–Crippen LogP) is 5.80. The van der Waals surface area contributed by atoms with E-state index in [-0.39, 0.29) is 5.41 Å². The molecule has 0 atom stereocenters. The van der Waals surface area contributed by atoms with Crippen molar-refractivity contribution in [3.63, 3.8) is 0 Å². The molecule has 1 aromatic heterocycles. The van der Waals surface area contributed by atoms with Gasteiger partial charge in [0.2, 0.25) is 0 Å². The minimum absolute atomic E-state index is 0.0855. The Balaban J connectivity index is 2.90. The van der Waals surface area contributed by atoms with Gasteiger partial charge in [0.05, 0.1) is 15.6 Å². The number of hydrogen-bond acceptors (Lipinski definition) is 1.